The fraction of sp³-hybridized carbons (Fsp3) is 0.500. The summed E-state index contributed by atoms with van der Waals surface area (Å²) in [6.07, 6.45) is 2.23. The first kappa shape index (κ1) is 15.2. The summed E-state index contributed by atoms with van der Waals surface area (Å²) in [6.45, 7) is 8.02. The topological polar surface area (TPSA) is 52.9 Å². The first-order valence-corrected chi connectivity index (χ1v) is 6.83. The number of rotatable bonds is 3. The summed E-state index contributed by atoms with van der Waals surface area (Å²) in [5, 5.41) is 11.7. The van der Waals surface area contributed by atoms with E-state index in [1.807, 2.05) is 45.9 Å². The van der Waals surface area contributed by atoms with Crippen LogP contribution in [0.2, 0.25) is 0 Å². The van der Waals surface area contributed by atoms with Gasteiger partial charge in [0.25, 0.3) is 5.91 Å². The van der Waals surface area contributed by atoms with Gasteiger partial charge < -0.3 is 5.32 Å². The highest BCUT2D eigenvalue weighted by Crippen LogP contribution is 2.38. The molecule has 3 nitrogen and oxygen atoms in total. The summed E-state index contributed by atoms with van der Waals surface area (Å²) >= 11 is 0. The summed E-state index contributed by atoms with van der Waals surface area (Å²) in [5.41, 5.74) is 2.73. The van der Waals surface area contributed by atoms with Gasteiger partial charge in [0, 0.05) is 5.56 Å². The normalized spacial score (nSPS) is 14.7. The van der Waals surface area contributed by atoms with Gasteiger partial charge in [0.1, 0.15) is 0 Å². The lowest BCUT2D eigenvalue weighted by atomic mass is 10.1. The van der Waals surface area contributed by atoms with Gasteiger partial charge in [-0.05, 0) is 49.9 Å². The van der Waals surface area contributed by atoms with Crippen molar-refractivity contribution in [2.45, 2.75) is 52.5 Å². The zero-order valence-electron chi connectivity index (χ0n) is 12.2. The first-order chi connectivity index (χ1) is 9.06. The van der Waals surface area contributed by atoms with Crippen molar-refractivity contribution in [1.82, 2.24) is 5.32 Å². The van der Waals surface area contributed by atoms with Gasteiger partial charge >= 0.3 is 0 Å². The van der Waals surface area contributed by atoms with E-state index in [1.54, 1.807) is 0 Å². The van der Waals surface area contributed by atoms with Crippen molar-refractivity contribution >= 4 is 5.91 Å². The van der Waals surface area contributed by atoms with E-state index in [2.05, 4.69) is 11.4 Å². The van der Waals surface area contributed by atoms with Gasteiger partial charge in [0.2, 0.25) is 0 Å². The molecule has 0 aromatic heterocycles. The van der Waals surface area contributed by atoms with Gasteiger partial charge in [-0.25, -0.2) is 0 Å². The largest absolute Gasteiger partial charge is 0.346 e. The van der Waals surface area contributed by atoms with Crippen molar-refractivity contribution in [3.8, 4) is 6.07 Å². The average Bonchev–Trinajstić information content (AvgIpc) is 3.15. The van der Waals surface area contributed by atoms with E-state index in [1.165, 1.54) is 5.56 Å². The molecule has 19 heavy (non-hydrogen) atoms. The molecule has 1 fully saturated rings. The molecule has 0 radical (unpaired) electrons. The zero-order chi connectivity index (χ0) is 14.5. The molecule has 0 bridgehead atoms. The Morgan fingerprint density at radius 3 is 2.42 bits per heavy atom. The number of carbonyl (C=O) groups is 1. The van der Waals surface area contributed by atoms with Crippen LogP contribution in [0.15, 0.2) is 18.2 Å². The maximum Gasteiger partial charge on any atom is 0.251 e. The van der Waals surface area contributed by atoms with Crippen molar-refractivity contribution in [3.05, 3.63) is 34.9 Å². The molecule has 0 heterocycles. The van der Waals surface area contributed by atoms with Crippen LogP contribution >= 0.6 is 0 Å². The van der Waals surface area contributed by atoms with E-state index in [0.29, 0.717) is 12.0 Å². The maximum atomic E-state index is 12.0. The minimum absolute atomic E-state index is 0.0687. The molecule has 1 aliphatic carbocycles. The molecule has 2 rings (SSSR count). The first-order valence-electron chi connectivity index (χ1n) is 6.83. The van der Waals surface area contributed by atoms with E-state index < -0.39 is 0 Å². The molecule has 0 saturated heterocycles. The molecule has 1 amide bonds. The SMILES string of the molecule is CC.Cc1ccc(C(=O)NC2(CC#N)CC2)cc1C. The Morgan fingerprint density at radius 1 is 1.32 bits per heavy atom. The predicted molar refractivity (Wildman–Crippen MR) is 76.9 cm³/mol. The molecule has 3 heteroatoms. The Balaban J connectivity index is 0.000000861. The third-order valence-corrected chi connectivity index (χ3v) is 3.42. The number of hydrogen-bond acceptors (Lipinski definition) is 2. The quantitative estimate of drug-likeness (QED) is 0.902. The van der Waals surface area contributed by atoms with Gasteiger partial charge in [-0.1, -0.05) is 19.9 Å². The summed E-state index contributed by atoms with van der Waals surface area (Å²) in [6, 6.07) is 7.81. The number of benzene rings is 1. The van der Waals surface area contributed by atoms with E-state index in [4.69, 9.17) is 5.26 Å². The summed E-state index contributed by atoms with van der Waals surface area (Å²) < 4.78 is 0. The molecule has 102 valence electrons. The van der Waals surface area contributed by atoms with Crippen molar-refractivity contribution in [1.29, 1.82) is 5.26 Å². The fourth-order valence-corrected chi connectivity index (χ4v) is 1.84. The van der Waals surface area contributed by atoms with Crippen LogP contribution in [0.3, 0.4) is 0 Å². The predicted octanol–water partition coefficient (Wildman–Crippen LogP) is 3.51. The lowest BCUT2D eigenvalue weighted by Crippen LogP contribution is -2.36. The molecule has 0 spiro atoms. The summed E-state index contributed by atoms with van der Waals surface area (Å²) in [5.74, 6) is -0.0687. The molecule has 0 aliphatic heterocycles. The number of nitriles is 1. The van der Waals surface area contributed by atoms with Crippen LogP contribution in [-0.2, 0) is 0 Å². The fourth-order valence-electron chi connectivity index (χ4n) is 1.84. The number of aryl methyl sites for hydroxylation is 2. The van der Waals surface area contributed by atoms with Crippen LogP contribution in [0, 0.1) is 25.2 Å². The van der Waals surface area contributed by atoms with Crippen LogP contribution < -0.4 is 5.32 Å². The van der Waals surface area contributed by atoms with Crippen LogP contribution in [0.4, 0.5) is 0 Å². The average molecular weight is 258 g/mol. The lowest BCUT2D eigenvalue weighted by Gasteiger charge is -2.14. The molecule has 0 atom stereocenters. The Labute approximate surface area is 115 Å². The molecular weight excluding hydrogens is 236 g/mol. The number of amides is 1. The van der Waals surface area contributed by atoms with Crippen molar-refractivity contribution in [2.24, 2.45) is 0 Å². The Bertz CT molecular complexity index is 496. The van der Waals surface area contributed by atoms with Crippen LogP contribution in [0.5, 0.6) is 0 Å². The van der Waals surface area contributed by atoms with E-state index in [9.17, 15) is 4.79 Å². The highest BCUT2D eigenvalue weighted by Gasteiger charge is 2.43. The number of carbonyl (C=O) groups excluding carboxylic acids is 1. The second-order valence-corrected chi connectivity index (χ2v) is 4.87. The molecule has 1 N–H and O–H groups in total. The van der Waals surface area contributed by atoms with E-state index >= 15 is 0 Å². The van der Waals surface area contributed by atoms with E-state index in [0.717, 1.165) is 18.4 Å². The maximum absolute atomic E-state index is 12.0. The smallest absolute Gasteiger partial charge is 0.251 e. The summed E-state index contributed by atoms with van der Waals surface area (Å²) in [7, 11) is 0. The molecule has 1 saturated carbocycles. The van der Waals surface area contributed by atoms with Gasteiger partial charge in [-0.2, -0.15) is 5.26 Å². The summed E-state index contributed by atoms with van der Waals surface area (Å²) in [4.78, 5) is 12.0. The van der Waals surface area contributed by atoms with Crippen LogP contribution in [0.1, 0.15) is 54.6 Å². The molecule has 0 unspecified atom stereocenters. The van der Waals surface area contributed by atoms with Gasteiger partial charge in [-0.3, -0.25) is 4.79 Å². The Kier molecular flexibility index (Phi) is 5.11. The number of nitrogens with zero attached hydrogens (tertiary/aromatic N) is 1. The lowest BCUT2D eigenvalue weighted by molar-refractivity contribution is 0.0932. The molecule has 1 aromatic carbocycles. The third-order valence-electron chi connectivity index (χ3n) is 3.42. The third kappa shape index (κ3) is 3.82. The Morgan fingerprint density at radius 2 is 1.95 bits per heavy atom. The second-order valence-electron chi connectivity index (χ2n) is 4.87. The van der Waals surface area contributed by atoms with Gasteiger partial charge in [0.15, 0.2) is 0 Å². The monoisotopic (exact) mass is 258 g/mol. The van der Waals surface area contributed by atoms with Crippen molar-refractivity contribution in [3.63, 3.8) is 0 Å². The van der Waals surface area contributed by atoms with E-state index in [-0.39, 0.29) is 11.4 Å². The molecular formula is C16H22N2O. The number of nitrogens with one attached hydrogen (secondary N) is 1. The minimum Gasteiger partial charge on any atom is -0.346 e. The molecule has 1 aromatic rings. The zero-order valence-corrected chi connectivity index (χ0v) is 12.2. The van der Waals surface area contributed by atoms with Gasteiger partial charge in [-0.15, -0.1) is 0 Å². The van der Waals surface area contributed by atoms with Crippen LogP contribution in [-0.4, -0.2) is 11.4 Å². The van der Waals surface area contributed by atoms with Gasteiger partial charge in [0.05, 0.1) is 18.0 Å². The Hall–Kier alpha value is -1.82. The highest BCUT2D eigenvalue weighted by atomic mass is 16.1. The second kappa shape index (κ2) is 6.38. The van der Waals surface area contributed by atoms with Crippen molar-refractivity contribution < 1.29 is 4.79 Å². The van der Waals surface area contributed by atoms with Crippen LogP contribution in [0.25, 0.3) is 0 Å². The highest BCUT2D eigenvalue weighted by molar-refractivity contribution is 5.95. The minimum atomic E-state index is -0.245. The molecule has 1 aliphatic rings. The standard InChI is InChI=1S/C14H16N2O.C2H6/c1-10-3-4-12(9-11(10)2)13(17)16-14(5-6-14)7-8-15;1-2/h3-4,9H,5-7H2,1-2H3,(H,16,17);1-2H3. The number of hydrogen-bond donors (Lipinski definition) is 1. The van der Waals surface area contributed by atoms with Crippen molar-refractivity contribution in [2.75, 3.05) is 0 Å².